The van der Waals surface area contributed by atoms with Crippen molar-refractivity contribution in [2.75, 3.05) is 10.6 Å². The van der Waals surface area contributed by atoms with Crippen LogP contribution in [0.1, 0.15) is 17.3 Å². The summed E-state index contributed by atoms with van der Waals surface area (Å²) in [6, 6.07) is 19.2. The van der Waals surface area contributed by atoms with E-state index < -0.39 is 0 Å². The zero-order valence-electron chi connectivity index (χ0n) is 16.0. The molecule has 0 bridgehead atoms. The van der Waals surface area contributed by atoms with Crippen molar-refractivity contribution in [2.45, 2.75) is 6.92 Å². The van der Waals surface area contributed by atoms with Gasteiger partial charge in [0.1, 0.15) is 0 Å². The van der Waals surface area contributed by atoms with Gasteiger partial charge < -0.3 is 10.6 Å². The SMILES string of the molecule is CC(=O)Nc1nc2ccc(NC(=O)c3cc4ccccc4c4cccnc34)cc2s1. The largest absolute Gasteiger partial charge is 0.322 e. The topological polar surface area (TPSA) is 84.0 Å². The lowest BCUT2D eigenvalue weighted by Crippen LogP contribution is -2.13. The molecule has 2 aromatic heterocycles. The van der Waals surface area contributed by atoms with E-state index in [4.69, 9.17) is 0 Å². The van der Waals surface area contributed by atoms with Gasteiger partial charge in [0.2, 0.25) is 5.91 Å². The number of nitrogens with zero attached hydrogens (tertiary/aromatic N) is 2. The molecular weight excluding hydrogens is 396 g/mol. The van der Waals surface area contributed by atoms with Gasteiger partial charge in [-0.15, -0.1) is 0 Å². The molecule has 2 N–H and O–H groups in total. The molecule has 0 aliphatic rings. The molecule has 0 saturated carbocycles. The van der Waals surface area contributed by atoms with Crippen LogP contribution < -0.4 is 10.6 Å². The predicted octanol–water partition coefficient (Wildman–Crippen LogP) is 5.21. The number of hydrogen-bond acceptors (Lipinski definition) is 5. The number of hydrogen-bond donors (Lipinski definition) is 2. The lowest BCUT2D eigenvalue weighted by Gasteiger charge is -2.10. The van der Waals surface area contributed by atoms with Crippen LogP contribution in [0.4, 0.5) is 10.8 Å². The van der Waals surface area contributed by atoms with Crippen LogP contribution in [-0.2, 0) is 4.79 Å². The highest BCUT2D eigenvalue weighted by atomic mass is 32.1. The van der Waals surface area contributed by atoms with Gasteiger partial charge in [-0.1, -0.05) is 41.7 Å². The number of fused-ring (bicyclic) bond motifs is 4. The first-order chi connectivity index (χ1) is 14.6. The Balaban J connectivity index is 1.53. The Morgan fingerprint density at radius 2 is 1.77 bits per heavy atom. The van der Waals surface area contributed by atoms with E-state index in [2.05, 4.69) is 20.6 Å². The zero-order valence-corrected chi connectivity index (χ0v) is 16.8. The lowest BCUT2D eigenvalue weighted by atomic mass is 10.0. The molecule has 30 heavy (non-hydrogen) atoms. The Morgan fingerprint density at radius 1 is 0.933 bits per heavy atom. The first kappa shape index (κ1) is 18.2. The molecule has 0 saturated heterocycles. The van der Waals surface area contributed by atoms with Gasteiger partial charge in [-0.25, -0.2) is 4.98 Å². The molecule has 7 heteroatoms. The third kappa shape index (κ3) is 3.25. The van der Waals surface area contributed by atoms with Gasteiger partial charge in [-0.2, -0.15) is 0 Å². The maximum Gasteiger partial charge on any atom is 0.257 e. The normalized spacial score (nSPS) is 11.1. The molecule has 0 spiro atoms. The molecule has 5 aromatic rings. The standard InChI is InChI=1S/C23H16N4O2S/c1-13(28)25-23-27-19-9-8-15(12-20(19)30-23)26-22(29)18-11-14-5-2-3-6-16(14)17-7-4-10-24-21(17)18/h2-12H,1H3,(H,26,29)(H,25,27,28). The average molecular weight is 412 g/mol. The zero-order chi connectivity index (χ0) is 20.7. The first-order valence-electron chi connectivity index (χ1n) is 9.34. The fraction of sp³-hybridized carbons (Fsp3) is 0.0435. The van der Waals surface area contributed by atoms with Gasteiger partial charge in [0, 0.05) is 24.2 Å². The molecule has 0 atom stereocenters. The summed E-state index contributed by atoms with van der Waals surface area (Å²) in [4.78, 5) is 33.2. The van der Waals surface area contributed by atoms with Crippen molar-refractivity contribution in [1.29, 1.82) is 0 Å². The number of carbonyl (C=O) groups is 2. The Labute approximate surface area is 175 Å². The molecule has 146 valence electrons. The van der Waals surface area contributed by atoms with Gasteiger partial charge in [0.15, 0.2) is 5.13 Å². The van der Waals surface area contributed by atoms with Crippen LogP contribution in [0.3, 0.4) is 0 Å². The summed E-state index contributed by atoms with van der Waals surface area (Å²) in [5, 5.41) is 9.19. The van der Waals surface area contributed by atoms with E-state index in [0.717, 1.165) is 26.4 Å². The molecule has 3 aromatic carbocycles. The van der Waals surface area contributed by atoms with Crippen molar-refractivity contribution in [3.63, 3.8) is 0 Å². The van der Waals surface area contributed by atoms with Crippen molar-refractivity contribution in [3.05, 3.63) is 72.4 Å². The number of anilines is 2. The molecule has 0 radical (unpaired) electrons. The van der Waals surface area contributed by atoms with E-state index in [9.17, 15) is 9.59 Å². The lowest BCUT2D eigenvalue weighted by molar-refractivity contribution is -0.114. The number of carbonyl (C=O) groups excluding carboxylic acids is 2. The van der Waals surface area contributed by atoms with E-state index in [0.29, 0.717) is 21.9 Å². The quantitative estimate of drug-likeness (QED) is 0.399. The minimum atomic E-state index is -0.226. The highest BCUT2D eigenvalue weighted by Gasteiger charge is 2.15. The van der Waals surface area contributed by atoms with Crippen LogP contribution in [-0.4, -0.2) is 21.8 Å². The molecule has 2 heterocycles. The van der Waals surface area contributed by atoms with E-state index in [1.807, 2.05) is 54.6 Å². The average Bonchev–Trinajstić information content (AvgIpc) is 3.14. The van der Waals surface area contributed by atoms with Crippen LogP contribution in [0.15, 0.2) is 66.9 Å². The van der Waals surface area contributed by atoms with Crippen LogP contribution in [0.2, 0.25) is 0 Å². The first-order valence-corrected chi connectivity index (χ1v) is 10.2. The maximum absolute atomic E-state index is 13.1. The third-order valence-electron chi connectivity index (χ3n) is 4.79. The van der Waals surface area contributed by atoms with Crippen molar-refractivity contribution >= 4 is 65.9 Å². The van der Waals surface area contributed by atoms with Gasteiger partial charge in [-0.05, 0) is 41.1 Å². The van der Waals surface area contributed by atoms with Gasteiger partial charge >= 0.3 is 0 Å². The Hall–Kier alpha value is -3.84. The second-order valence-corrected chi connectivity index (χ2v) is 7.91. The third-order valence-corrected chi connectivity index (χ3v) is 5.72. The highest BCUT2D eigenvalue weighted by Crippen LogP contribution is 2.30. The van der Waals surface area contributed by atoms with Crippen molar-refractivity contribution in [1.82, 2.24) is 9.97 Å². The molecule has 0 aliphatic carbocycles. The smallest absolute Gasteiger partial charge is 0.257 e. The Morgan fingerprint density at radius 3 is 2.63 bits per heavy atom. The summed E-state index contributed by atoms with van der Waals surface area (Å²) in [7, 11) is 0. The monoisotopic (exact) mass is 412 g/mol. The molecule has 0 unspecified atom stereocenters. The van der Waals surface area contributed by atoms with Crippen LogP contribution in [0, 0.1) is 0 Å². The number of benzene rings is 3. The van der Waals surface area contributed by atoms with Gasteiger partial charge in [-0.3, -0.25) is 14.6 Å². The summed E-state index contributed by atoms with van der Waals surface area (Å²) < 4.78 is 0.873. The number of thiazole rings is 1. The van der Waals surface area contributed by atoms with Gasteiger partial charge in [0.05, 0.1) is 21.3 Å². The van der Waals surface area contributed by atoms with Crippen molar-refractivity contribution in [2.24, 2.45) is 0 Å². The maximum atomic E-state index is 13.1. The van der Waals surface area contributed by atoms with Crippen molar-refractivity contribution in [3.8, 4) is 0 Å². The van der Waals surface area contributed by atoms with Crippen LogP contribution >= 0.6 is 11.3 Å². The highest BCUT2D eigenvalue weighted by molar-refractivity contribution is 7.22. The van der Waals surface area contributed by atoms with Crippen LogP contribution in [0.25, 0.3) is 31.9 Å². The minimum absolute atomic E-state index is 0.168. The van der Waals surface area contributed by atoms with E-state index in [1.54, 1.807) is 12.3 Å². The molecule has 5 rings (SSSR count). The van der Waals surface area contributed by atoms with Crippen molar-refractivity contribution < 1.29 is 9.59 Å². The summed E-state index contributed by atoms with van der Waals surface area (Å²) >= 11 is 1.36. The summed E-state index contributed by atoms with van der Waals surface area (Å²) in [5.41, 5.74) is 2.61. The second kappa shape index (κ2) is 7.20. The molecule has 6 nitrogen and oxygen atoms in total. The number of nitrogens with one attached hydrogen (secondary N) is 2. The summed E-state index contributed by atoms with van der Waals surface area (Å²) in [5.74, 6) is -0.395. The van der Waals surface area contributed by atoms with E-state index in [1.165, 1.54) is 18.3 Å². The van der Waals surface area contributed by atoms with Crippen LogP contribution in [0.5, 0.6) is 0 Å². The Kier molecular flexibility index (Phi) is 4.37. The number of rotatable bonds is 3. The Bertz CT molecular complexity index is 1460. The fourth-order valence-electron chi connectivity index (χ4n) is 3.51. The van der Waals surface area contributed by atoms with Gasteiger partial charge in [0.25, 0.3) is 5.91 Å². The number of pyridine rings is 1. The second-order valence-electron chi connectivity index (χ2n) is 6.88. The number of aromatic nitrogens is 2. The van der Waals surface area contributed by atoms with E-state index in [-0.39, 0.29) is 11.8 Å². The summed E-state index contributed by atoms with van der Waals surface area (Å²) in [6.45, 7) is 1.44. The molecule has 2 amide bonds. The molecular formula is C23H16N4O2S. The predicted molar refractivity (Wildman–Crippen MR) is 121 cm³/mol. The summed E-state index contributed by atoms with van der Waals surface area (Å²) in [6.07, 6.45) is 1.70. The van der Waals surface area contributed by atoms with E-state index >= 15 is 0 Å². The fourth-order valence-corrected chi connectivity index (χ4v) is 4.46. The molecule has 0 fully saturated rings. The minimum Gasteiger partial charge on any atom is -0.322 e. The number of amides is 2. The molecule has 0 aliphatic heterocycles.